The molecule has 112 valence electrons. The number of nitrogens with two attached hydrogens (primary N) is 1. The minimum absolute atomic E-state index is 0.0425. The number of anilines is 1. The number of pyridine rings is 1. The lowest BCUT2D eigenvalue weighted by Gasteiger charge is -2.08. The van der Waals surface area contributed by atoms with E-state index in [4.69, 9.17) is 28.9 Å². The van der Waals surface area contributed by atoms with Crippen LogP contribution >= 0.6 is 23.2 Å². The van der Waals surface area contributed by atoms with Gasteiger partial charge in [-0.25, -0.2) is 22.5 Å². The number of nitrogens with one attached hydrogen (secondary N) is 1. The number of rotatable bonds is 4. The molecule has 21 heavy (non-hydrogen) atoms. The topological polar surface area (TPSA) is 85.1 Å². The zero-order valence-electron chi connectivity index (χ0n) is 10.5. The van der Waals surface area contributed by atoms with E-state index in [1.807, 2.05) is 0 Å². The average molecular weight is 350 g/mol. The monoisotopic (exact) mass is 349 g/mol. The van der Waals surface area contributed by atoms with E-state index >= 15 is 0 Å². The van der Waals surface area contributed by atoms with Gasteiger partial charge >= 0.3 is 0 Å². The first-order chi connectivity index (χ1) is 9.79. The Balaban J connectivity index is 2.17. The standard InChI is InChI=1S/C12H10Cl2FN3O2S/c13-9-3-7(1-2-11(9)15)5-18-21(19,20)8-4-10(14)12(16)17-6-8/h1-4,6,18H,5H2,(H2,16,17). The van der Waals surface area contributed by atoms with E-state index in [2.05, 4.69) is 9.71 Å². The van der Waals surface area contributed by atoms with Crippen LogP contribution in [0.5, 0.6) is 0 Å². The molecule has 0 aliphatic heterocycles. The molecule has 0 aliphatic carbocycles. The summed E-state index contributed by atoms with van der Waals surface area (Å²) in [5.41, 5.74) is 5.93. The first-order valence-corrected chi connectivity index (χ1v) is 7.88. The van der Waals surface area contributed by atoms with Crippen LogP contribution in [0.2, 0.25) is 10.0 Å². The van der Waals surface area contributed by atoms with Gasteiger partial charge in [-0.05, 0) is 23.8 Å². The first kappa shape index (κ1) is 16.0. The van der Waals surface area contributed by atoms with Crippen LogP contribution in [0.4, 0.5) is 10.2 Å². The maximum Gasteiger partial charge on any atom is 0.242 e. The number of nitrogens with zero attached hydrogens (tertiary/aromatic N) is 1. The van der Waals surface area contributed by atoms with E-state index in [-0.39, 0.29) is 27.3 Å². The van der Waals surface area contributed by atoms with Gasteiger partial charge in [0.2, 0.25) is 10.0 Å². The lowest BCUT2D eigenvalue weighted by Crippen LogP contribution is -2.23. The van der Waals surface area contributed by atoms with E-state index in [1.165, 1.54) is 18.2 Å². The van der Waals surface area contributed by atoms with Gasteiger partial charge in [0.1, 0.15) is 16.5 Å². The normalized spacial score (nSPS) is 11.6. The van der Waals surface area contributed by atoms with Gasteiger partial charge in [0.25, 0.3) is 0 Å². The number of aromatic nitrogens is 1. The molecule has 0 atom stereocenters. The second-order valence-corrected chi connectivity index (χ2v) is 6.69. The highest BCUT2D eigenvalue weighted by molar-refractivity contribution is 7.89. The highest BCUT2D eigenvalue weighted by Gasteiger charge is 2.16. The van der Waals surface area contributed by atoms with Gasteiger partial charge in [0.05, 0.1) is 10.0 Å². The molecule has 1 heterocycles. The Morgan fingerprint density at radius 1 is 1.24 bits per heavy atom. The molecule has 0 radical (unpaired) electrons. The third-order valence-electron chi connectivity index (χ3n) is 2.61. The molecule has 0 fully saturated rings. The number of hydrogen-bond acceptors (Lipinski definition) is 4. The van der Waals surface area contributed by atoms with Gasteiger partial charge in [0.15, 0.2) is 0 Å². The fraction of sp³-hybridized carbons (Fsp3) is 0.0833. The predicted molar refractivity (Wildman–Crippen MR) is 79.1 cm³/mol. The van der Waals surface area contributed by atoms with E-state index in [9.17, 15) is 12.8 Å². The Labute approximate surface area is 130 Å². The van der Waals surface area contributed by atoms with Gasteiger partial charge in [0, 0.05) is 12.7 Å². The quantitative estimate of drug-likeness (QED) is 0.888. The Bertz CT molecular complexity index is 784. The van der Waals surface area contributed by atoms with E-state index in [1.54, 1.807) is 0 Å². The van der Waals surface area contributed by atoms with E-state index in [0.717, 1.165) is 12.3 Å². The largest absolute Gasteiger partial charge is 0.382 e. The molecule has 0 aliphatic rings. The molecule has 1 aromatic carbocycles. The van der Waals surface area contributed by atoms with Gasteiger partial charge < -0.3 is 5.73 Å². The fourth-order valence-corrected chi connectivity index (χ4v) is 2.91. The van der Waals surface area contributed by atoms with Crippen molar-refractivity contribution in [2.45, 2.75) is 11.4 Å². The molecule has 0 bridgehead atoms. The molecule has 5 nitrogen and oxygen atoms in total. The van der Waals surface area contributed by atoms with Crippen LogP contribution in [0.15, 0.2) is 35.4 Å². The molecule has 0 saturated heterocycles. The number of hydrogen-bond donors (Lipinski definition) is 2. The van der Waals surface area contributed by atoms with Gasteiger partial charge in [-0.2, -0.15) is 0 Å². The highest BCUT2D eigenvalue weighted by atomic mass is 35.5. The van der Waals surface area contributed by atoms with E-state index < -0.39 is 15.8 Å². The van der Waals surface area contributed by atoms with Crippen molar-refractivity contribution in [3.05, 3.63) is 51.9 Å². The lowest BCUT2D eigenvalue weighted by atomic mass is 10.2. The molecule has 2 rings (SSSR count). The zero-order chi connectivity index (χ0) is 15.6. The summed E-state index contributed by atoms with van der Waals surface area (Å²) in [7, 11) is -3.81. The van der Waals surface area contributed by atoms with Crippen molar-refractivity contribution in [1.82, 2.24) is 9.71 Å². The number of sulfonamides is 1. The summed E-state index contributed by atoms with van der Waals surface area (Å²) in [6.07, 6.45) is 1.10. The summed E-state index contributed by atoms with van der Waals surface area (Å²) in [6, 6.07) is 5.13. The summed E-state index contributed by atoms with van der Waals surface area (Å²) in [5.74, 6) is -0.529. The maximum atomic E-state index is 13.0. The zero-order valence-corrected chi connectivity index (χ0v) is 12.8. The fourth-order valence-electron chi connectivity index (χ4n) is 1.49. The van der Waals surface area contributed by atoms with Crippen LogP contribution in [0.25, 0.3) is 0 Å². The highest BCUT2D eigenvalue weighted by Crippen LogP contribution is 2.20. The molecule has 0 spiro atoms. The number of halogens is 3. The second kappa shape index (κ2) is 6.15. The van der Waals surface area contributed by atoms with Crippen LogP contribution in [0.3, 0.4) is 0 Å². The van der Waals surface area contributed by atoms with Crippen molar-refractivity contribution < 1.29 is 12.8 Å². The summed E-state index contributed by atoms with van der Waals surface area (Å²) in [5, 5.41) is -0.0356. The van der Waals surface area contributed by atoms with Crippen molar-refractivity contribution in [2.24, 2.45) is 0 Å². The minimum Gasteiger partial charge on any atom is -0.382 e. The molecule has 1 aromatic heterocycles. The van der Waals surface area contributed by atoms with Crippen LogP contribution in [-0.4, -0.2) is 13.4 Å². The van der Waals surface area contributed by atoms with Crippen molar-refractivity contribution >= 4 is 39.0 Å². The summed E-state index contributed by atoms with van der Waals surface area (Å²) < 4.78 is 39.5. The van der Waals surface area contributed by atoms with Crippen LogP contribution in [0, 0.1) is 5.82 Å². The molecule has 0 saturated carbocycles. The predicted octanol–water partition coefficient (Wildman–Crippen LogP) is 2.59. The SMILES string of the molecule is Nc1ncc(S(=O)(=O)NCc2ccc(F)c(Cl)c2)cc1Cl. The van der Waals surface area contributed by atoms with Crippen LogP contribution in [0.1, 0.15) is 5.56 Å². The van der Waals surface area contributed by atoms with Crippen LogP contribution in [-0.2, 0) is 16.6 Å². The molecule has 0 amide bonds. The molecule has 2 aromatic rings. The summed E-state index contributed by atoms with van der Waals surface area (Å²) in [4.78, 5) is 3.57. The Hall–Kier alpha value is -1.41. The van der Waals surface area contributed by atoms with Gasteiger partial charge in [-0.15, -0.1) is 0 Å². The van der Waals surface area contributed by atoms with Crippen molar-refractivity contribution in [2.75, 3.05) is 5.73 Å². The third kappa shape index (κ3) is 3.82. The van der Waals surface area contributed by atoms with Crippen LogP contribution < -0.4 is 10.5 Å². The van der Waals surface area contributed by atoms with E-state index in [0.29, 0.717) is 5.56 Å². The number of benzene rings is 1. The Morgan fingerprint density at radius 2 is 1.95 bits per heavy atom. The molecular weight excluding hydrogens is 340 g/mol. The lowest BCUT2D eigenvalue weighted by molar-refractivity contribution is 0.581. The first-order valence-electron chi connectivity index (χ1n) is 5.64. The van der Waals surface area contributed by atoms with Crippen molar-refractivity contribution in [3.8, 4) is 0 Å². The molecule has 3 N–H and O–H groups in total. The van der Waals surface area contributed by atoms with Crippen molar-refractivity contribution in [1.29, 1.82) is 0 Å². The van der Waals surface area contributed by atoms with Crippen molar-refractivity contribution in [3.63, 3.8) is 0 Å². The van der Waals surface area contributed by atoms with Gasteiger partial charge in [-0.1, -0.05) is 29.3 Å². The third-order valence-corrected chi connectivity index (χ3v) is 4.57. The summed E-state index contributed by atoms with van der Waals surface area (Å²) in [6.45, 7) is -0.0513. The van der Waals surface area contributed by atoms with Gasteiger partial charge in [-0.3, -0.25) is 0 Å². The molecular formula is C12H10Cl2FN3O2S. The Morgan fingerprint density at radius 3 is 2.57 bits per heavy atom. The number of nitrogen functional groups attached to an aromatic ring is 1. The average Bonchev–Trinajstić information content (AvgIpc) is 2.43. The summed E-state index contributed by atoms with van der Waals surface area (Å²) >= 11 is 11.4. The molecule has 9 heteroatoms. The Kier molecular flexibility index (Phi) is 4.67. The second-order valence-electron chi connectivity index (χ2n) is 4.11. The minimum atomic E-state index is -3.81. The maximum absolute atomic E-state index is 13.0. The molecule has 0 unspecified atom stereocenters. The smallest absolute Gasteiger partial charge is 0.242 e.